The monoisotopic (exact) mass is 250 g/mol. The minimum Gasteiger partial charge on any atom is -0.495 e. The fraction of sp³-hybridized carbons (Fsp3) is 0.571. The molecule has 4 heteroatoms. The molecule has 1 aliphatic heterocycles. The fourth-order valence-corrected chi connectivity index (χ4v) is 2.39. The van der Waals surface area contributed by atoms with E-state index < -0.39 is 0 Å². The molecular weight excluding hydrogens is 228 g/mol. The SMILES string of the molecule is COc1ccc(C)cc1N1CCCNC(CO)C1. The van der Waals surface area contributed by atoms with Crippen LogP contribution in [0.2, 0.25) is 0 Å². The van der Waals surface area contributed by atoms with E-state index in [1.54, 1.807) is 7.11 Å². The molecule has 1 heterocycles. The van der Waals surface area contributed by atoms with E-state index in [0.29, 0.717) is 0 Å². The Morgan fingerprint density at radius 3 is 3.06 bits per heavy atom. The van der Waals surface area contributed by atoms with Gasteiger partial charge in [0.15, 0.2) is 0 Å². The van der Waals surface area contributed by atoms with E-state index in [0.717, 1.165) is 37.5 Å². The van der Waals surface area contributed by atoms with Gasteiger partial charge in [-0.1, -0.05) is 6.07 Å². The molecule has 18 heavy (non-hydrogen) atoms. The molecule has 0 bridgehead atoms. The normalized spacial score (nSPS) is 20.6. The van der Waals surface area contributed by atoms with Gasteiger partial charge in [0, 0.05) is 19.1 Å². The second-order valence-corrected chi connectivity index (χ2v) is 4.81. The maximum Gasteiger partial charge on any atom is 0.142 e. The van der Waals surface area contributed by atoms with Crippen molar-refractivity contribution in [3.8, 4) is 5.75 Å². The van der Waals surface area contributed by atoms with E-state index in [2.05, 4.69) is 29.3 Å². The number of hydrogen-bond acceptors (Lipinski definition) is 4. The highest BCUT2D eigenvalue weighted by Crippen LogP contribution is 2.29. The number of hydrogen-bond donors (Lipinski definition) is 2. The molecule has 1 atom stereocenters. The first-order valence-corrected chi connectivity index (χ1v) is 6.48. The summed E-state index contributed by atoms with van der Waals surface area (Å²) in [5.74, 6) is 0.902. The summed E-state index contributed by atoms with van der Waals surface area (Å²) in [5, 5.41) is 12.7. The summed E-state index contributed by atoms with van der Waals surface area (Å²) in [5.41, 5.74) is 2.35. The van der Waals surface area contributed by atoms with Crippen LogP contribution in [0.1, 0.15) is 12.0 Å². The van der Waals surface area contributed by atoms with E-state index in [4.69, 9.17) is 4.74 Å². The molecular formula is C14H22N2O2. The lowest BCUT2D eigenvalue weighted by atomic mass is 10.1. The number of aryl methyl sites for hydroxylation is 1. The van der Waals surface area contributed by atoms with E-state index in [-0.39, 0.29) is 12.6 Å². The lowest BCUT2D eigenvalue weighted by Crippen LogP contribution is -2.40. The van der Waals surface area contributed by atoms with E-state index in [1.165, 1.54) is 5.56 Å². The van der Waals surface area contributed by atoms with E-state index in [1.807, 2.05) is 6.07 Å². The number of nitrogens with zero attached hydrogens (tertiary/aromatic N) is 1. The molecule has 1 aliphatic rings. The molecule has 0 radical (unpaired) electrons. The molecule has 0 spiro atoms. The Morgan fingerprint density at radius 1 is 1.50 bits per heavy atom. The number of benzene rings is 1. The summed E-state index contributed by atoms with van der Waals surface area (Å²) in [7, 11) is 1.70. The maximum absolute atomic E-state index is 9.34. The first-order chi connectivity index (χ1) is 8.74. The molecule has 1 aromatic carbocycles. The average molecular weight is 250 g/mol. The summed E-state index contributed by atoms with van der Waals surface area (Å²) >= 11 is 0. The number of nitrogens with one attached hydrogen (secondary N) is 1. The van der Waals surface area contributed by atoms with Crippen LogP contribution < -0.4 is 15.0 Å². The topological polar surface area (TPSA) is 44.7 Å². The largest absolute Gasteiger partial charge is 0.495 e. The van der Waals surface area contributed by atoms with Crippen molar-refractivity contribution < 1.29 is 9.84 Å². The molecule has 0 aromatic heterocycles. The quantitative estimate of drug-likeness (QED) is 0.845. The molecule has 100 valence electrons. The van der Waals surface area contributed by atoms with Gasteiger partial charge in [0.1, 0.15) is 5.75 Å². The van der Waals surface area contributed by atoms with Gasteiger partial charge in [-0.15, -0.1) is 0 Å². The van der Waals surface area contributed by atoms with Gasteiger partial charge in [-0.3, -0.25) is 0 Å². The predicted molar refractivity (Wildman–Crippen MR) is 73.4 cm³/mol. The van der Waals surface area contributed by atoms with Crippen LogP contribution in [0.3, 0.4) is 0 Å². The Bertz CT molecular complexity index is 395. The fourth-order valence-electron chi connectivity index (χ4n) is 2.39. The number of rotatable bonds is 3. The molecule has 4 nitrogen and oxygen atoms in total. The third-order valence-electron chi connectivity index (χ3n) is 3.37. The van der Waals surface area contributed by atoms with Gasteiger partial charge < -0.3 is 20.1 Å². The van der Waals surface area contributed by atoms with Crippen molar-refractivity contribution >= 4 is 5.69 Å². The van der Waals surface area contributed by atoms with Gasteiger partial charge in [-0.2, -0.15) is 0 Å². The third kappa shape index (κ3) is 2.94. The van der Waals surface area contributed by atoms with Crippen LogP contribution in [0.15, 0.2) is 18.2 Å². The Morgan fingerprint density at radius 2 is 2.33 bits per heavy atom. The lowest BCUT2D eigenvalue weighted by molar-refractivity contribution is 0.248. The van der Waals surface area contributed by atoms with Crippen LogP contribution in [0.4, 0.5) is 5.69 Å². The summed E-state index contributed by atoms with van der Waals surface area (Å²) in [6, 6.07) is 6.36. The molecule has 2 N–H and O–H groups in total. The number of aliphatic hydroxyl groups is 1. The molecule has 0 saturated carbocycles. The minimum absolute atomic E-state index is 0.137. The Balaban J connectivity index is 2.25. The van der Waals surface area contributed by atoms with Crippen LogP contribution in [0, 0.1) is 6.92 Å². The van der Waals surface area contributed by atoms with Crippen molar-refractivity contribution in [2.24, 2.45) is 0 Å². The van der Waals surface area contributed by atoms with Crippen molar-refractivity contribution in [1.29, 1.82) is 0 Å². The highest BCUT2D eigenvalue weighted by Gasteiger charge is 2.19. The van der Waals surface area contributed by atoms with E-state index in [9.17, 15) is 5.11 Å². The summed E-state index contributed by atoms with van der Waals surface area (Å²) < 4.78 is 5.44. The van der Waals surface area contributed by atoms with Crippen molar-refractivity contribution in [2.45, 2.75) is 19.4 Å². The van der Waals surface area contributed by atoms with Crippen molar-refractivity contribution in [1.82, 2.24) is 5.32 Å². The van der Waals surface area contributed by atoms with Gasteiger partial charge in [0.25, 0.3) is 0 Å². The van der Waals surface area contributed by atoms with Gasteiger partial charge >= 0.3 is 0 Å². The van der Waals surface area contributed by atoms with Gasteiger partial charge in [0.05, 0.1) is 19.4 Å². The second kappa shape index (κ2) is 6.07. The van der Waals surface area contributed by atoms with Crippen LogP contribution in [0.25, 0.3) is 0 Å². The predicted octanol–water partition coefficient (Wildman–Crippen LogP) is 1.16. The zero-order valence-corrected chi connectivity index (χ0v) is 11.1. The third-order valence-corrected chi connectivity index (χ3v) is 3.37. The molecule has 1 unspecified atom stereocenters. The number of ether oxygens (including phenoxy) is 1. The number of methoxy groups -OCH3 is 1. The number of anilines is 1. The zero-order chi connectivity index (χ0) is 13.0. The van der Waals surface area contributed by atoms with Crippen molar-refractivity contribution in [2.75, 3.05) is 38.3 Å². The van der Waals surface area contributed by atoms with Gasteiger partial charge in [-0.05, 0) is 37.6 Å². The van der Waals surface area contributed by atoms with Crippen molar-refractivity contribution in [3.05, 3.63) is 23.8 Å². The van der Waals surface area contributed by atoms with E-state index >= 15 is 0 Å². The van der Waals surface area contributed by atoms with Gasteiger partial charge in [-0.25, -0.2) is 0 Å². The Hall–Kier alpha value is -1.26. The van der Waals surface area contributed by atoms with Gasteiger partial charge in [0.2, 0.25) is 0 Å². The van der Waals surface area contributed by atoms with Crippen LogP contribution >= 0.6 is 0 Å². The van der Waals surface area contributed by atoms with Crippen molar-refractivity contribution in [3.63, 3.8) is 0 Å². The smallest absolute Gasteiger partial charge is 0.142 e. The van der Waals surface area contributed by atoms with Crippen LogP contribution in [0.5, 0.6) is 5.75 Å². The highest BCUT2D eigenvalue weighted by atomic mass is 16.5. The maximum atomic E-state index is 9.34. The molecule has 1 aromatic rings. The zero-order valence-electron chi connectivity index (χ0n) is 11.1. The number of aliphatic hydroxyl groups excluding tert-OH is 1. The highest BCUT2D eigenvalue weighted by molar-refractivity contribution is 5.60. The Kier molecular flexibility index (Phi) is 4.44. The summed E-state index contributed by atoms with van der Waals surface area (Å²) in [6.07, 6.45) is 1.08. The Labute approximate surface area is 109 Å². The molecule has 0 aliphatic carbocycles. The molecule has 1 fully saturated rings. The summed E-state index contributed by atoms with van der Waals surface area (Å²) in [4.78, 5) is 2.30. The minimum atomic E-state index is 0.137. The first kappa shape index (κ1) is 13.2. The molecule has 0 amide bonds. The first-order valence-electron chi connectivity index (χ1n) is 6.48. The summed E-state index contributed by atoms with van der Waals surface area (Å²) in [6.45, 7) is 5.02. The molecule has 2 rings (SSSR count). The molecule has 1 saturated heterocycles. The average Bonchev–Trinajstić information content (AvgIpc) is 2.64. The van der Waals surface area contributed by atoms with Crippen LogP contribution in [-0.2, 0) is 0 Å². The van der Waals surface area contributed by atoms with Crippen LogP contribution in [-0.4, -0.2) is 44.5 Å². The lowest BCUT2D eigenvalue weighted by Gasteiger charge is -2.27. The second-order valence-electron chi connectivity index (χ2n) is 4.81. The standard InChI is InChI=1S/C14H22N2O2/c1-11-4-5-14(18-2)13(8-11)16-7-3-6-15-12(9-16)10-17/h4-5,8,12,15,17H,3,6-7,9-10H2,1-2H3.